The van der Waals surface area contributed by atoms with E-state index in [1.165, 1.54) is 5.56 Å². The molecule has 0 aliphatic carbocycles. The van der Waals surface area contributed by atoms with Crippen LogP contribution in [0.4, 0.5) is 0 Å². The summed E-state index contributed by atoms with van der Waals surface area (Å²) in [5.41, 5.74) is 7.21. The van der Waals surface area contributed by atoms with E-state index in [0.717, 1.165) is 12.8 Å². The van der Waals surface area contributed by atoms with Gasteiger partial charge in [0.1, 0.15) is 0 Å². The molecule has 2 N–H and O–H groups in total. The number of hydrogen-bond donors (Lipinski definition) is 1. The van der Waals surface area contributed by atoms with Crippen molar-refractivity contribution in [1.82, 2.24) is 0 Å². The van der Waals surface area contributed by atoms with Gasteiger partial charge in [0.2, 0.25) is 0 Å². The van der Waals surface area contributed by atoms with Gasteiger partial charge in [0, 0.05) is 5.54 Å². The lowest BCUT2D eigenvalue weighted by Crippen LogP contribution is -2.32. The molecular formula is C11H18ClN. The average molecular weight is 200 g/mol. The molecule has 1 aromatic carbocycles. The van der Waals surface area contributed by atoms with Gasteiger partial charge in [-0.3, -0.25) is 0 Å². The number of benzene rings is 1. The zero-order valence-electron chi connectivity index (χ0n) is 8.29. The molecule has 0 saturated carbocycles. The van der Waals surface area contributed by atoms with Gasteiger partial charge in [-0.1, -0.05) is 30.3 Å². The molecule has 1 rings (SSSR count). The Morgan fingerprint density at radius 3 is 2.15 bits per heavy atom. The molecule has 1 aromatic rings. The molecule has 0 aliphatic heterocycles. The molecule has 0 bridgehead atoms. The Balaban J connectivity index is 0.00000144. The fourth-order valence-corrected chi connectivity index (χ4v) is 1.11. The monoisotopic (exact) mass is 199 g/mol. The van der Waals surface area contributed by atoms with Crippen LogP contribution in [0.1, 0.15) is 25.8 Å². The molecule has 0 radical (unpaired) electrons. The van der Waals surface area contributed by atoms with E-state index in [0.29, 0.717) is 0 Å². The minimum atomic E-state index is -0.0458. The van der Waals surface area contributed by atoms with Gasteiger partial charge in [-0.05, 0) is 32.3 Å². The first-order chi connectivity index (χ1) is 5.58. The van der Waals surface area contributed by atoms with Crippen molar-refractivity contribution in [2.24, 2.45) is 5.73 Å². The maximum absolute atomic E-state index is 5.88. The Morgan fingerprint density at radius 1 is 1.15 bits per heavy atom. The summed E-state index contributed by atoms with van der Waals surface area (Å²) >= 11 is 0. The molecule has 2 heteroatoms. The first-order valence-corrected chi connectivity index (χ1v) is 4.41. The molecule has 0 aromatic heterocycles. The summed E-state index contributed by atoms with van der Waals surface area (Å²) in [6.45, 7) is 4.13. The summed E-state index contributed by atoms with van der Waals surface area (Å²) in [5, 5.41) is 0. The Morgan fingerprint density at radius 2 is 1.69 bits per heavy atom. The second kappa shape index (κ2) is 5.25. The minimum absolute atomic E-state index is 0. The first-order valence-electron chi connectivity index (χ1n) is 4.41. The second-order valence-electron chi connectivity index (χ2n) is 3.97. The second-order valence-corrected chi connectivity index (χ2v) is 3.97. The van der Waals surface area contributed by atoms with Crippen LogP contribution < -0.4 is 5.73 Å². The minimum Gasteiger partial charge on any atom is -0.326 e. The molecule has 0 heterocycles. The van der Waals surface area contributed by atoms with Crippen molar-refractivity contribution in [2.45, 2.75) is 32.2 Å². The lowest BCUT2D eigenvalue weighted by molar-refractivity contribution is 0.477. The SMILES string of the molecule is CC(C)(N)CCc1ccccc1.Cl. The third kappa shape index (κ3) is 5.67. The van der Waals surface area contributed by atoms with E-state index in [1.807, 2.05) is 6.07 Å². The summed E-state index contributed by atoms with van der Waals surface area (Å²) < 4.78 is 0. The highest BCUT2D eigenvalue weighted by Gasteiger charge is 2.09. The largest absolute Gasteiger partial charge is 0.326 e. The fourth-order valence-electron chi connectivity index (χ4n) is 1.11. The predicted octanol–water partition coefficient (Wildman–Crippen LogP) is 2.78. The summed E-state index contributed by atoms with van der Waals surface area (Å²) in [6.07, 6.45) is 2.11. The molecule has 0 amide bonds. The molecule has 0 fully saturated rings. The van der Waals surface area contributed by atoms with E-state index in [-0.39, 0.29) is 17.9 Å². The Kier molecular flexibility index (Phi) is 5.04. The summed E-state index contributed by atoms with van der Waals surface area (Å²) in [7, 11) is 0. The smallest absolute Gasteiger partial charge is 0.0100 e. The van der Waals surface area contributed by atoms with E-state index in [1.54, 1.807) is 0 Å². The Labute approximate surface area is 86.7 Å². The van der Waals surface area contributed by atoms with Crippen LogP contribution in [-0.4, -0.2) is 5.54 Å². The molecule has 0 spiro atoms. The number of nitrogens with two attached hydrogens (primary N) is 1. The molecule has 74 valence electrons. The summed E-state index contributed by atoms with van der Waals surface area (Å²) in [6, 6.07) is 10.5. The zero-order valence-corrected chi connectivity index (χ0v) is 9.10. The maximum atomic E-state index is 5.88. The first kappa shape index (κ1) is 12.5. The van der Waals surface area contributed by atoms with Gasteiger partial charge in [-0.25, -0.2) is 0 Å². The fraction of sp³-hybridized carbons (Fsp3) is 0.455. The van der Waals surface area contributed by atoms with Crippen molar-refractivity contribution in [1.29, 1.82) is 0 Å². The zero-order chi connectivity index (χ0) is 9.03. The number of aryl methyl sites for hydroxylation is 1. The van der Waals surface area contributed by atoms with Gasteiger partial charge in [0.15, 0.2) is 0 Å². The topological polar surface area (TPSA) is 26.0 Å². The standard InChI is InChI=1S/C11H17N.ClH/c1-11(2,12)9-8-10-6-4-3-5-7-10;/h3-7H,8-9,12H2,1-2H3;1H. The van der Waals surface area contributed by atoms with Crippen LogP contribution >= 0.6 is 12.4 Å². The van der Waals surface area contributed by atoms with Crippen LogP contribution in [0, 0.1) is 0 Å². The maximum Gasteiger partial charge on any atom is 0.0100 e. The lowest BCUT2D eigenvalue weighted by Gasteiger charge is -2.17. The van der Waals surface area contributed by atoms with Crippen molar-refractivity contribution >= 4 is 12.4 Å². The van der Waals surface area contributed by atoms with E-state index in [4.69, 9.17) is 5.73 Å². The number of halogens is 1. The normalized spacial score (nSPS) is 10.7. The Bertz CT molecular complexity index is 226. The van der Waals surface area contributed by atoms with Crippen LogP contribution in [-0.2, 0) is 6.42 Å². The van der Waals surface area contributed by atoms with Gasteiger partial charge < -0.3 is 5.73 Å². The molecule has 0 saturated heterocycles. The van der Waals surface area contributed by atoms with Crippen molar-refractivity contribution in [3.8, 4) is 0 Å². The van der Waals surface area contributed by atoms with Gasteiger partial charge in [-0.2, -0.15) is 0 Å². The van der Waals surface area contributed by atoms with Crippen LogP contribution in [0.15, 0.2) is 30.3 Å². The van der Waals surface area contributed by atoms with Crippen molar-refractivity contribution in [3.05, 3.63) is 35.9 Å². The van der Waals surface area contributed by atoms with E-state index in [2.05, 4.69) is 38.1 Å². The van der Waals surface area contributed by atoms with E-state index in [9.17, 15) is 0 Å². The van der Waals surface area contributed by atoms with Gasteiger partial charge in [0.25, 0.3) is 0 Å². The third-order valence-electron chi connectivity index (χ3n) is 1.90. The highest BCUT2D eigenvalue weighted by Crippen LogP contribution is 2.09. The highest BCUT2D eigenvalue weighted by molar-refractivity contribution is 5.85. The average Bonchev–Trinajstić information content (AvgIpc) is 2.02. The molecular weight excluding hydrogens is 182 g/mol. The van der Waals surface area contributed by atoms with Gasteiger partial charge >= 0.3 is 0 Å². The van der Waals surface area contributed by atoms with Crippen LogP contribution in [0.5, 0.6) is 0 Å². The van der Waals surface area contributed by atoms with Crippen LogP contribution in [0.3, 0.4) is 0 Å². The third-order valence-corrected chi connectivity index (χ3v) is 1.90. The van der Waals surface area contributed by atoms with Crippen molar-refractivity contribution in [2.75, 3.05) is 0 Å². The molecule has 0 atom stereocenters. The number of rotatable bonds is 3. The van der Waals surface area contributed by atoms with E-state index >= 15 is 0 Å². The van der Waals surface area contributed by atoms with Crippen LogP contribution in [0.25, 0.3) is 0 Å². The van der Waals surface area contributed by atoms with Crippen LogP contribution in [0.2, 0.25) is 0 Å². The van der Waals surface area contributed by atoms with Gasteiger partial charge in [0.05, 0.1) is 0 Å². The summed E-state index contributed by atoms with van der Waals surface area (Å²) in [4.78, 5) is 0. The quantitative estimate of drug-likeness (QED) is 0.796. The molecule has 13 heavy (non-hydrogen) atoms. The van der Waals surface area contributed by atoms with Gasteiger partial charge in [-0.15, -0.1) is 12.4 Å². The predicted molar refractivity (Wildman–Crippen MR) is 60.3 cm³/mol. The van der Waals surface area contributed by atoms with Crippen molar-refractivity contribution in [3.63, 3.8) is 0 Å². The molecule has 0 unspecified atom stereocenters. The molecule has 0 aliphatic rings. The van der Waals surface area contributed by atoms with E-state index < -0.39 is 0 Å². The lowest BCUT2D eigenvalue weighted by atomic mass is 9.97. The highest BCUT2D eigenvalue weighted by atomic mass is 35.5. The van der Waals surface area contributed by atoms with Crippen molar-refractivity contribution < 1.29 is 0 Å². The molecule has 1 nitrogen and oxygen atoms in total. The summed E-state index contributed by atoms with van der Waals surface area (Å²) in [5.74, 6) is 0. The number of hydrogen-bond acceptors (Lipinski definition) is 1. The Hall–Kier alpha value is -0.530.